The van der Waals surface area contributed by atoms with E-state index >= 15 is 0 Å². The topological polar surface area (TPSA) is 35.5 Å². The van der Waals surface area contributed by atoms with E-state index in [1.165, 1.54) is 10.4 Å². The van der Waals surface area contributed by atoms with Crippen molar-refractivity contribution >= 4 is 68.0 Å². The average molecular weight is 505 g/mol. The number of benzene rings is 1. The number of thiophene rings is 1. The van der Waals surface area contributed by atoms with Gasteiger partial charge in [0.15, 0.2) is 0 Å². The lowest BCUT2D eigenvalue weighted by Crippen LogP contribution is -2.45. The summed E-state index contributed by atoms with van der Waals surface area (Å²) in [4.78, 5) is 3.83. The van der Waals surface area contributed by atoms with Gasteiger partial charge < -0.3 is 10.4 Å². The summed E-state index contributed by atoms with van der Waals surface area (Å²) in [7, 11) is 0. The second-order valence-electron chi connectivity index (χ2n) is 5.04. The number of hydrogen-bond acceptors (Lipinski definition) is 4. The van der Waals surface area contributed by atoms with Gasteiger partial charge in [0.25, 0.3) is 0 Å². The Labute approximate surface area is 169 Å². The van der Waals surface area contributed by atoms with E-state index < -0.39 is 0 Å². The normalized spacial score (nSPS) is 16.3. The van der Waals surface area contributed by atoms with Gasteiger partial charge in [-0.2, -0.15) is 0 Å². The maximum Gasteiger partial charge on any atom is 0.143 e. The van der Waals surface area contributed by atoms with Crippen LogP contribution in [0.1, 0.15) is 16.5 Å². The van der Waals surface area contributed by atoms with E-state index in [0.717, 1.165) is 35.1 Å². The van der Waals surface area contributed by atoms with Crippen molar-refractivity contribution in [2.24, 2.45) is 0 Å². The van der Waals surface area contributed by atoms with Gasteiger partial charge in [-0.1, -0.05) is 6.07 Å². The minimum Gasteiger partial charge on any atom is -0.506 e. The first-order valence-electron chi connectivity index (χ1n) is 6.83. The van der Waals surface area contributed by atoms with Crippen LogP contribution in [0.2, 0.25) is 0 Å². The third-order valence-corrected chi connectivity index (χ3v) is 5.82. The van der Waals surface area contributed by atoms with Gasteiger partial charge in [-0.15, -0.1) is 36.2 Å². The van der Waals surface area contributed by atoms with Crippen molar-refractivity contribution in [3.8, 4) is 5.75 Å². The van der Waals surface area contributed by atoms with Crippen LogP contribution in [0.3, 0.4) is 0 Å². The molecule has 0 unspecified atom stereocenters. The van der Waals surface area contributed by atoms with Gasteiger partial charge in [-0.25, -0.2) is 0 Å². The highest BCUT2D eigenvalue weighted by Crippen LogP contribution is 2.39. The Hall–Kier alpha value is 0.180. The first kappa shape index (κ1) is 21.2. The molecule has 2 N–H and O–H groups in total. The molecule has 8 heteroatoms. The Morgan fingerprint density at radius 3 is 2.26 bits per heavy atom. The fourth-order valence-electron chi connectivity index (χ4n) is 2.69. The highest BCUT2D eigenvalue weighted by molar-refractivity contribution is 9.11. The molecular weight excluding hydrogens is 487 g/mol. The third kappa shape index (κ3) is 4.84. The number of piperazine rings is 1. The number of rotatable bonds is 3. The minimum absolute atomic E-state index is 0. The smallest absolute Gasteiger partial charge is 0.143 e. The summed E-state index contributed by atoms with van der Waals surface area (Å²) >= 11 is 8.67. The van der Waals surface area contributed by atoms with Crippen molar-refractivity contribution < 1.29 is 5.11 Å². The Morgan fingerprint density at radius 1 is 1.13 bits per heavy atom. The van der Waals surface area contributed by atoms with Crippen LogP contribution >= 0.6 is 68.0 Å². The summed E-state index contributed by atoms with van der Waals surface area (Å²) in [6.45, 7) is 4.09. The molecule has 0 spiro atoms. The second-order valence-corrected chi connectivity index (χ2v) is 7.73. The quantitative estimate of drug-likeness (QED) is 0.629. The van der Waals surface area contributed by atoms with Crippen LogP contribution in [0.4, 0.5) is 0 Å². The molecule has 1 aliphatic rings. The van der Waals surface area contributed by atoms with Crippen molar-refractivity contribution in [3.05, 3.63) is 49.0 Å². The molecule has 1 atom stereocenters. The lowest BCUT2D eigenvalue weighted by Gasteiger charge is -2.35. The number of phenolic OH excluding ortho intramolecular Hbond substituents is 1. The Morgan fingerprint density at radius 2 is 1.74 bits per heavy atom. The van der Waals surface area contributed by atoms with E-state index in [1.54, 1.807) is 11.3 Å². The highest BCUT2D eigenvalue weighted by atomic mass is 79.9. The molecule has 1 aromatic heterocycles. The molecule has 0 saturated carbocycles. The van der Waals surface area contributed by atoms with Crippen molar-refractivity contribution in [2.45, 2.75) is 6.04 Å². The molecule has 128 valence electrons. The summed E-state index contributed by atoms with van der Waals surface area (Å²) in [5.41, 5.74) is 1.19. The van der Waals surface area contributed by atoms with Crippen LogP contribution in [0, 0.1) is 0 Å². The summed E-state index contributed by atoms with van der Waals surface area (Å²) < 4.78 is 1.45. The number of hydrogen-bond donors (Lipinski definition) is 2. The SMILES string of the molecule is Cl.Cl.Oc1c(Br)cc([C@H](c2cccs2)N2CCNCC2)cc1Br. The molecule has 1 fully saturated rings. The zero-order valence-corrected chi connectivity index (χ0v) is 17.8. The van der Waals surface area contributed by atoms with Gasteiger partial charge in [-0.05, 0) is 61.0 Å². The van der Waals surface area contributed by atoms with Crippen LogP contribution in [-0.4, -0.2) is 36.2 Å². The number of nitrogens with zero attached hydrogens (tertiary/aromatic N) is 1. The molecule has 0 aliphatic carbocycles. The van der Waals surface area contributed by atoms with Crippen LogP contribution in [0.15, 0.2) is 38.6 Å². The molecule has 0 radical (unpaired) electrons. The first-order valence-corrected chi connectivity index (χ1v) is 9.29. The Balaban J connectivity index is 0.00000132. The molecule has 23 heavy (non-hydrogen) atoms. The molecule has 0 bridgehead atoms. The number of aromatic hydroxyl groups is 1. The van der Waals surface area contributed by atoms with Gasteiger partial charge in [0, 0.05) is 31.1 Å². The monoisotopic (exact) mass is 502 g/mol. The van der Waals surface area contributed by atoms with Gasteiger partial charge in [0.1, 0.15) is 5.75 Å². The predicted octanol–water partition coefficient (Wildman–Crippen LogP) is 4.82. The van der Waals surface area contributed by atoms with Crippen molar-refractivity contribution in [1.29, 1.82) is 0 Å². The maximum atomic E-state index is 9.94. The van der Waals surface area contributed by atoms with E-state index in [2.05, 4.69) is 59.6 Å². The standard InChI is InChI=1S/C15H16Br2N2OS.2ClH/c16-11-8-10(9-12(17)15(11)20)14(13-2-1-7-21-13)19-5-3-18-4-6-19;;/h1-2,7-9,14,18,20H,3-6H2;2*1H/t14-;;/m1../s1. The van der Waals surface area contributed by atoms with Gasteiger partial charge in [0.05, 0.1) is 15.0 Å². The Bertz CT molecular complexity index is 599. The van der Waals surface area contributed by atoms with E-state index in [-0.39, 0.29) is 36.6 Å². The van der Waals surface area contributed by atoms with E-state index in [0.29, 0.717) is 0 Å². The third-order valence-electron chi connectivity index (χ3n) is 3.68. The molecular formula is C15H18Br2Cl2N2OS. The lowest BCUT2D eigenvalue weighted by atomic mass is 10.0. The fraction of sp³-hybridized carbons (Fsp3) is 0.333. The number of halogens is 4. The van der Waals surface area contributed by atoms with E-state index in [4.69, 9.17) is 0 Å². The van der Waals surface area contributed by atoms with E-state index in [9.17, 15) is 5.11 Å². The lowest BCUT2D eigenvalue weighted by molar-refractivity contribution is 0.200. The molecule has 1 aromatic carbocycles. The Kier molecular flexibility index (Phi) is 8.87. The summed E-state index contributed by atoms with van der Waals surface area (Å²) in [6, 6.07) is 8.56. The summed E-state index contributed by atoms with van der Waals surface area (Å²) in [5.74, 6) is 0.254. The maximum absolute atomic E-state index is 9.94. The minimum atomic E-state index is 0. The number of phenols is 1. The zero-order chi connectivity index (χ0) is 14.8. The van der Waals surface area contributed by atoms with Crippen LogP contribution < -0.4 is 5.32 Å². The van der Waals surface area contributed by atoms with Gasteiger partial charge >= 0.3 is 0 Å². The number of nitrogens with one attached hydrogen (secondary N) is 1. The molecule has 2 heterocycles. The summed E-state index contributed by atoms with van der Waals surface area (Å²) in [5, 5.41) is 15.5. The zero-order valence-electron chi connectivity index (χ0n) is 12.2. The van der Waals surface area contributed by atoms with Crippen LogP contribution in [0.5, 0.6) is 5.75 Å². The fourth-order valence-corrected chi connectivity index (χ4v) is 4.79. The molecule has 2 aromatic rings. The highest BCUT2D eigenvalue weighted by Gasteiger charge is 2.25. The first-order chi connectivity index (χ1) is 10.2. The molecule has 3 rings (SSSR count). The average Bonchev–Trinajstić information content (AvgIpc) is 3.00. The van der Waals surface area contributed by atoms with Crippen LogP contribution in [-0.2, 0) is 0 Å². The van der Waals surface area contributed by atoms with Crippen LogP contribution in [0.25, 0.3) is 0 Å². The predicted molar refractivity (Wildman–Crippen MR) is 109 cm³/mol. The molecule has 1 aliphatic heterocycles. The van der Waals surface area contributed by atoms with Gasteiger partial charge in [-0.3, -0.25) is 4.90 Å². The van der Waals surface area contributed by atoms with Gasteiger partial charge in [0.2, 0.25) is 0 Å². The largest absolute Gasteiger partial charge is 0.506 e. The molecule has 3 nitrogen and oxygen atoms in total. The van der Waals surface area contributed by atoms with Crippen molar-refractivity contribution in [3.63, 3.8) is 0 Å². The van der Waals surface area contributed by atoms with E-state index in [1.807, 2.05) is 12.1 Å². The molecule has 0 amide bonds. The molecule has 1 saturated heterocycles. The van der Waals surface area contributed by atoms with Crippen molar-refractivity contribution in [1.82, 2.24) is 10.2 Å². The second kappa shape index (κ2) is 9.61. The van der Waals surface area contributed by atoms with Crippen molar-refractivity contribution in [2.75, 3.05) is 26.2 Å². The summed E-state index contributed by atoms with van der Waals surface area (Å²) in [6.07, 6.45) is 0.